The largest absolute Gasteiger partial charge is 0.369 e. The lowest BCUT2D eigenvalue weighted by molar-refractivity contribution is -0.0848. The SMILES string of the molecule is CC(C)c1cc(C(=O)N2C[C@@H](c3ccccc3Cl)OCC2(C)C)no1. The van der Waals surface area contributed by atoms with Crippen LogP contribution in [0.25, 0.3) is 0 Å². The first-order valence-corrected chi connectivity index (χ1v) is 8.82. The average molecular weight is 363 g/mol. The lowest BCUT2D eigenvalue weighted by Gasteiger charge is -2.45. The van der Waals surface area contributed by atoms with Gasteiger partial charge in [-0.15, -0.1) is 0 Å². The molecular weight excluding hydrogens is 340 g/mol. The maximum Gasteiger partial charge on any atom is 0.276 e. The van der Waals surface area contributed by atoms with Crippen LogP contribution in [0.4, 0.5) is 0 Å². The van der Waals surface area contributed by atoms with E-state index < -0.39 is 5.54 Å². The van der Waals surface area contributed by atoms with Crippen LogP contribution in [0.3, 0.4) is 0 Å². The number of ether oxygens (including phenoxy) is 1. The number of carbonyl (C=O) groups is 1. The van der Waals surface area contributed by atoms with Crippen molar-refractivity contribution in [1.29, 1.82) is 0 Å². The maximum absolute atomic E-state index is 13.0. The van der Waals surface area contributed by atoms with E-state index in [0.29, 0.717) is 29.6 Å². The van der Waals surface area contributed by atoms with Crippen LogP contribution in [0.2, 0.25) is 5.02 Å². The summed E-state index contributed by atoms with van der Waals surface area (Å²) < 4.78 is 11.3. The monoisotopic (exact) mass is 362 g/mol. The number of aromatic nitrogens is 1. The zero-order valence-corrected chi connectivity index (χ0v) is 15.7. The first-order chi connectivity index (χ1) is 11.8. The van der Waals surface area contributed by atoms with Gasteiger partial charge in [0.1, 0.15) is 11.9 Å². The Labute approximate surface area is 152 Å². The fourth-order valence-electron chi connectivity index (χ4n) is 2.93. The minimum Gasteiger partial charge on any atom is -0.369 e. The van der Waals surface area contributed by atoms with Gasteiger partial charge in [-0.3, -0.25) is 4.79 Å². The van der Waals surface area contributed by atoms with Crippen molar-refractivity contribution in [3.8, 4) is 0 Å². The van der Waals surface area contributed by atoms with E-state index in [1.54, 1.807) is 11.0 Å². The van der Waals surface area contributed by atoms with E-state index in [9.17, 15) is 4.79 Å². The Morgan fingerprint density at radius 2 is 2.08 bits per heavy atom. The number of nitrogens with zero attached hydrogens (tertiary/aromatic N) is 2. The lowest BCUT2D eigenvalue weighted by atomic mass is 9.97. The molecule has 1 aromatic heterocycles. The van der Waals surface area contributed by atoms with Gasteiger partial charge < -0.3 is 14.2 Å². The fraction of sp³-hybridized carbons (Fsp3) is 0.474. The molecule has 1 saturated heterocycles. The molecule has 1 aromatic carbocycles. The van der Waals surface area contributed by atoms with Gasteiger partial charge in [0.15, 0.2) is 5.69 Å². The standard InChI is InChI=1S/C19H23ClN2O3/c1-12(2)16-9-15(21-25-16)18(23)22-10-17(24-11-19(22,3)4)13-7-5-6-8-14(13)20/h5-9,12,17H,10-11H2,1-4H3/t17-/m0/s1. The number of morpholine rings is 1. The second-order valence-electron chi connectivity index (χ2n) is 7.32. The van der Waals surface area contributed by atoms with Gasteiger partial charge in [0.2, 0.25) is 0 Å². The predicted molar refractivity (Wildman–Crippen MR) is 95.9 cm³/mol. The maximum atomic E-state index is 13.0. The zero-order valence-electron chi connectivity index (χ0n) is 15.0. The summed E-state index contributed by atoms with van der Waals surface area (Å²) in [5, 5.41) is 4.60. The Morgan fingerprint density at radius 3 is 2.72 bits per heavy atom. The van der Waals surface area contributed by atoms with Gasteiger partial charge in [0.05, 0.1) is 18.7 Å². The Bertz CT molecular complexity index is 770. The molecule has 134 valence electrons. The molecule has 3 rings (SSSR count). The van der Waals surface area contributed by atoms with Crippen LogP contribution in [0, 0.1) is 0 Å². The molecule has 1 aliphatic rings. The number of halogens is 1. The first-order valence-electron chi connectivity index (χ1n) is 8.44. The van der Waals surface area contributed by atoms with Crippen molar-refractivity contribution in [3.05, 3.63) is 52.4 Å². The number of hydrogen-bond acceptors (Lipinski definition) is 4. The molecule has 0 spiro atoms. The summed E-state index contributed by atoms with van der Waals surface area (Å²) in [6.45, 7) is 8.80. The number of benzene rings is 1. The molecule has 1 atom stereocenters. The van der Waals surface area contributed by atoms with Crippen LogP contribution in [0.15, 0.2) is 34.9 Å². The van der Waals surface area contributed by atoms with Crippen molar-refractivity contribution in [3.63, 3.8) is 0 Å². The van der Waals surface area contributed by atoms with Crippen molar-refractivity contribution in [2.24, 2.45) is 0 Å². The van der Waals surface area contributed by atoms with Crippen molar-refractivity contribution in [1.82, 2.24) is 10.1 Å². The number of rotatable bonds is 3. The van der Waals surface area contributed by atoms with Crippen LogP contribution < -0.4 is 0 Å². The number of hydrogen-bond donors (Lipinski definition) is 0. The van der Waals surface area contributed by atoms with E-state index in [1.807, 2.05) is 52.0 Å². The summed E-state index contributed by atoms with van der Waals surface area (Å²) in [5.41, 5.74) is 0.781. The zero-order chi connectivity index (χ0) is 18.2. The summed E-state index contributed by atoms with van der Waals surface area (Å²) in [6, 6.07) is 9.29. The molecule has 6 heteroatoms. The molecule has 2 aromatic rings. The number of carbonyl (C=O) groups excluding carboxylic acids is 1. The summed E-state index contributed by atoms with van der Waals surface area (Å²) in [4.78, 5) is 14.8. The first kappa shape index (κ1) is 18.0. The van der Waals surface area contributed by atoms with Gasteiger partial charge in [-0.2, -0.15) is 0 Å². The Morgan fingerprint density at radius 1 is 1.36 bits per heavy atom. The van der Waals surface area contributed by atoms with Crippen molar-refractivity contribution in [2.45, 2.75) is 45.3 Å². The predicted octanol–water partition coefficient (Wildman–Crippen LogP) is 4.44. The van der Waals surface area contributed by atoms with Gasteiger partial charge >= 0.3 is 0 Å². The third kappa shape index (κ3) is 3.58. The van der Waals surface area contributed by atoms with Crippen LogP contribution in [-0.4, -0.2) is 34.7 Å². The summed E-state index contributed by atoms with van der Waals surface area (Å²) in [7, 11) is 0. The third-order valence-corrected chi connectivity index (χ3v) is 4.87. The molecule has 0 radical (unpaired) electrons. The van der Waals surface area contributed by atoms with Crippen LogP contribution in [-0.2, 0) is 4.74 Å². The Balaban J connectivity index is 1.86. The van der Waals surface area contributed by atoms with E-state index >= 15 is 0 Å². The van der Waals surface area contributed by atoms with Gasteiger partial charge in [-0.1, -0.05) is 48.8 Å². The fourth-order valence-corrected chi connectivity index (χ4v) is 3.19. The highest BCUT2D eigenvalue weighted by Gasteiger charge is 2.40. The van der Waals surface area contributed by atoms with Gasteiger partial charge in [0, 0.05) is 22.6 Å². The highest BCUT2D eigenvalue weighted by Crippen LogP contribution is 2.34. The summed E-state index contributed by atoms with van der Waals surface area (Å²) >= 11 is 6.30. The third-order valence-electron chi connectivity index (χ3n) is 4.53. The molecule has 5 nitrogen and oxygen atoms in total. The molecule has 2 heterocycles. The van der Waals surface area contributed by atoms with E-state index in [0.717, 1.165) is 5.56 Å². The Hall–Kier alpha value is -1.85. The molecule has 1 fully saturated rings. The molecule has 1 amide bonds. The van der Waals surface area contributed by atoms with Gasteiger partial charge in [0.25, 0.3) is 5.91 Å². The second-order valence-corrected chi connectivity index (χ2v) is 7.73. The second kappa shape index (κ2) is 6.81. The minimum atomic E-state index is -0.439. The van der Waals surface area contributed by atoms with Crippen LogP contribution in [0.1, 0.15) is 61.5 Å². The minimum absolute atomic E-state index is 0.152. The summed E-state index contributed by atoms with van der Waals surface area (Å²) in [5.74, 6) is 0.737. The van der Waals surface area contributed by atoms with Crippen LogP contribution in [0.5, 0.6) is 0 Å². The van der Waals surface area contributed by atoms with E-state index in [-0.39, 0.29) is 17.9 Å². The average Bonchev–Trinajstić information content (AvgIpc) is 3.05. The van der Waals surface area contributed by atoms with Crippen molar-refractivity contribution < 1.29 is 14.1 Å². The van der Waals surface area contributed by atoms with Crippen LogP contribution >= 0.6 is 11.6 Å². The molecule has 0 N–H and O–H groups in total. The lowest BCUT2D eigenvalue weighted by Crippen LogP contribution is -2.56. The van der Waals surface area contributed by atoms with E-state index in [2.05, 4.69) is 5.16 Å². The quantitative estimate of drug-likeness (QED) is 0.809. The number of amides is 1. The molecule has 0 aliphatic carbocycles. The van der Waals surface area contributed by atoms with Crippen molar-refractivity contribution >= 4 is 17.5 Å². The highest BCUT2D eigenvalue weighted by atomic mass is 35.5. The summed E-state index contributed by atoms with van der Waals surface area (Å²) in [6.07, 6.45) is -0.262. The van der Waals surface area contributed by atoms with Gasteiger partial charge in [-0.05, 0) is 19.9 Å². The van der Waals surface area contributed by atoms with Gasteiger partial charge in [-0.25, -0.2) is 0 Å². The Kier molecular flexibility index (Phi) is 4.89. The normalized spacial score (nSPS) is 20.1. The smallest absolute Gasteiger partial charge is 0.276 e. The molecule has 0 unspecified atom stereocenters. The topological polar surface area (TPSA) is 55.6 Å². The van der Waals surface area contributed by atoms with Crippen molar-refractivity contribution in [2.75, 3.05) is 13.2 Å². The molecule has 0 bridgehead atoms. The van der Waals surface area contributed by atoms with E-state index in [1.165, 1.54) is 0 Å². The molecule has 25 heavy (non-hydrogen) atoms. The van der Waals surface area contributed by atoms with E-state index in [4.69, 9.17) is 20.9 Å². The molecule has 0 saturated carbocycles. The highest BCUT2D eigenvalue weighted by molar-refractivity contribution is 6.31. The molecule has 1 aliphatic heterocycles. The molecular formula is C19H23ClN2O3.